The van der Waals surface area contributed by atoms with Crippen molar-refractivity contribution in [3.8, 4) is 0 Å². The molecule has 19 heavy (non-hydrogen) atoms. The standard InChI is InChI=1S/C15H25NO3/c1-14(2,3)19-13(18)16-9-7-15(11-17,8-10-16)12-5-4-6-12/h11-12H,4-10H2,1-3H3. The third kappa shape index (κ3) is 3.10. The third-order valence-electron chi connectivity index (χ3n) is 4.50. The number of carbonyl (C=O) groups excluding carboxylic acids is 2. The molecule has 0 aromatic carbocycles. The first-order valence-electron chi connectivity index (χ1n) is 7.31. The van der Waals surface area contributed by atoms with Crippen LogP contribution in [0.4, 0.5) is 4.79 Å². The zero-order chi connectivity index (χ0) is 14.1. The number of rotatable bonds is 2. The summed E-state index contributed by atoms with van der Waals surface area (Å²) in [5.74, 6) is 0.547. The van der Waals surface area contributed by atoms with Gasteiger partial charge in [-0.15, -0.1) is 0 Å². The third-order valence-corrected chi connectivity index (χ3v) is 4.50. The van der Waals surface area contributed by atoms with Gasteiger partial charge in [-0.05, 0) is 52.4 Å². The minimum atomic E-state index is -0.454. The van der Waals surface area contributed by atoms with Gasteiger partial charge in [-0.3, -0.25) is 0 Å². The predicted molar refractivity (Wildman–Crippen MR) is 72.9 cm³/mol. The largest absolute Gasteiger partial charge is 0.444 e. The average Bonchev–Trinajstić information content (AvgIpc) is 2.25. The molecule has 1 saturated heterocycles. The van der Waals surface area contributed by atoms with E-state index in [4.69, 9.17) is 4.74 Å². The molecule has 0 aromatic rings. The van der Waals surface area contributed by atoms with Crippen molar-refractivity contribution < 1.29 is 14.3 Å². The lowest BCUT2D eigenvalue weighted by Gasteiger charge is -2.46. The number of hydrogen-bond donors (Lipinski definition) is 0. The van der Waals surface area contributed by atoms with Crippen LogP contribution in [0.25, 0.3) is 0 Å². The van der Waals surface area contributed by atoms with Gasteiger partial charge in [0.15, 0.2) is 0 Å². The number of aldehydes is 1. The van der Waals surface area contributed by atoms with E-state index in [0.29, 0.717) is 19.0 Å². The summed E-state index contributed by atoms with van der Waals surface area (Å²) < 4.78 is 5.38. The first-order chi connectivity index (χ1) is 8.86. The van der Waals surface area contributed by atoms with Gasteiger partial charge in [0.1, 0.15) is 11.9 Å². The minimum Gasteiger partial charge on any atom is -0.444 e. The van der Waals surface area contributed by atoms with Gasteiger partial charge in [0.25, 0.3) is 0 Å². The quantitative estimate of drug-likeness (QED) is 0.723. The first-order valence-corrected chi connectivity index (χ1v) is 7.31. The summed E-state index contributed by atoms with van der Waals surface area (Å²) in [4.78, 5) is 25.2. The van der Waals surface area contributed by atoms with Crippen molar-refractivity contribution in [2.45, 2.75) is 58.5 Å². The van der Waals surface area contributed by atoms with Crippen LogP contribution in [0.1, 0.15) is 52.9 Å². The Morgan fingerprint density at radius 3 is 2.21 bits per heavy atom. The van der Waals surface area contributed by atoms with Gasteiger partial charge >= 0.3 is 6.09 Å². The Balaban J connectivity index is 1.91. The van der Waals surface area contributed by atoms with Crippen LogP contribution in [0.15, 0.2) is 0 Å². The van der Waals surface area contributed by atoms with Gasteiger partial charge in [0.2, 0.25) is 0 Å². The Labute approximate surface area is 115 Å². The molecule has 108 valence electrons. The van der Waals surface area contributed by atoms with Crippen molar-refractivity contribution in [2.75, 3.05) is 13.1 Å². The molecule has 1 aliphatic carbocycles. The molecule has 1 amide bonds. The molecule has 4 heteroatoms. The Morgan fingerprint density at radius 1 is 1.26 bits per heavy atom. The van der Waals surface area contributed by atoms with Gasteiger partial charge in [-0.1, -0.05) is 6.42 Å². The van der Waals surface area contributed by atoms with Crippen molar-refractivity contribution in [1.29, 1.82) is 0 Å². The molecule has 0 unspecified atom stereocenters. The molecule has 2 rings (SSSR count). The van der Waals surface area contributed by atoms with Gasteiger partial charge in [0, 0.05) is 18.5 Å². The normalized spacial score (nSPS) is 23.6. The van der Waals surface area contributed by atoms with Crippen molar-refractivity contribution in [3.63, 3.8) is 0 Å². The van der Waals surface area contributed by atoms with Crippen LogP contribution in [-0.4, -0.2) is 36.0 Å². The van der Waals surface area contributed by atoms with Gasteiger partial charge < -0.3 is 14.4 Å². The molecule has 4 nitrogen and oxygen atoms in total. The van der Waals surface area contributed by atoms with E-state index >= 15 is 0 Å². The molecule has 1 aliphatic heterocycles. The summed E-state index contributed by atoms with van der Waals surface area (Å²) in [7, 11) is 0. The van der Waals surface area contributed by atoms with Crippen LogP contribution in [0, 0.1) is 11.3 Å². The summed E-state index contributed by atoms with van der Waals surface area (Å²) in [5, 5.41) is 0. The van der Waals surface area contributed by atoms with Crippen molar-refractivity contribution in [1.82, 2.24) is 4.90 Å². The number of nitrogens with zero attached hydrogens (tertiary/aromatic N) is 1. The van der Waals surface area contributed by atoms with Crippen molar-refractivity contribution in [3.05, 3.63) is 0 Å². The van der Waals surface area contributed by atoms with Crippen LogP contribution in [-0.2, 0) is 9.53 Å². The number of hydrogen-bond acceptors (Lipinski definition) is 3. The maximum Gasteiger partial charge on any atom is 0.410 e. The molecule has 0 bridgehead atoms. The lowest BCUT2D eigenvalue weighted by molar-refractivity contribution is -0.125. The van der Waals surface area contributed by atoms with Crippen molar-refractivity contribution in [2.24, 2.45) is 11.3 Å². The van der Waals surface area contributed by atoms with Crippen LogP contribution in [0.3, 0.4) is 0 Å². The Bertz CT molecular complexity index is 347. The Kier molecular flexibility index (Phi) is 3.88. The molecule has 2 fully saturated rings. The summed E-state index contributed by atoms with van der Waals surface area (Å²) in [6, 6.07) is 0. The topological polar surface area (TPSA) is 46.6 Å². The van der Waals surface area contributed by atoms with Gasteiger partial charge in [-0.2, -0.15) is 0 Å². The van der Waals surface area contributed by atoms with E-state index in [-0.39, 0.29) is 11.5 Å². The number of ether oxygens (including phenoxy) is 1. The lowest BCUT2D eigenvalue weighted by atomic mass is 9.62. The highest BCUT2D eigenvalue weighted by atomic mass is 16.6. The average molecular weight is 267 g/mol. The lowest BCUT2D eigenvalue weighted by Crippen LogP contribution is -2.49. The number of piperidine rings is 1. The molecule has 0 radical (unpaired) electrons. The maximum absolute atomic E-state index is 12.0. The first kappa shape index (κ1) is 14.4. The fourth-order valence-electron chi connectivity index (χ4n) is 3.04. The second-order valence-corrected chi connectivity index (χ2v) is 6.95. The second-order valence-electron chi connectivity index (χ2n) is 6.95. The minimum absolute atomic E-state index is 0.170. The molecule has 0 N–H and O–H groups in total. The fraction of sp³-hybridized carbons (Fsp3) is 0.867. The molecule has 0 aromatic heterocycles. The molecular formula is C15H25NO3. The van der Waals surface area contributed by atoms with Crippen molar-refractivity contribution >= 4 is 12.4 Å². The number of carbonyl (C=O) groups is 2. The van der Waals surface area contributed by atoms with E-state index in [1.165, 1.54) is 19.3 Å². The second kappa shape index (κ2) is 5.14. The summed E-state index contributed by atoms with van der Waals surface area (Å²) in [6.07, 6.45) is 6.08. The maximum atomic E-state index is 12.0. The summed E-state index contributed by atoms with van der Waals surface area (Å²) in [6.45, 7) is 6.91. The highest BCUT2D eigenvalue weighted by Gasteiger charge is 2.44. The van der Waals surface area contributed by atoms with Crippen LogP contribution in [0.2, 0.25) is 0 Å². The Hall–Kier alpha value is -1.06. The molecule has 2 aliphatic rings. The summed E-state index contributed by atoms with van der Waals surface area (Å²) in [5.41, 5.74) is -0.624. The van der Waals surface area contributed by atoms with E-state index in [9.17, 15) is 9.59 Å². The molecule has 1 saturated carbocycles. The van der Waals surface area contributed by atoms with Crippen LogP contribution >= 0.6 is 0 Å². The molecule has 0 spiro atoms. The fourth-order valence-corrected chi connectivity index (χ4v) is 3.04. The monoisotopic (exact) mass is 267 g/mol. The van der Waals surface area contributed by atoms with Crippen LogP contribution < -0.4 is 0 Å². The number of likely N-dealkylation sites (tertiary alicyclic amines) is 1. The zero-order valence-electron chi connectivity index (χ0n) is 12.3. The molecule has 0 atom stereocenters. The van der Waals surface area contributed by atoms with E-state index in [0.717, 1.165) is 19.1 Å². The van der Waals surface area contributed by atoms with E-state index < -0.39 is 5.60 Å². The zero-order valence-corrected chi connectivity index (χ0v) is 12.3. The van der Waals surface area contributed by atoms with E-state index in [1.54, 1.807) is 4.90 Å². The summed E-state index contributed by atoms with van der Waals surface area (Å²) >= 11 is 0. The number of amides is 1. The van der Waals surface area contributed by atoms with Gasteiger partial charge in [-0.25, -0.2) is 4.79 Å². The van der Waals surface area contributed by atoms with Crippen LogP contribution in [0.5, 0.6) is 0 Å². The molecular weight excluding hydrogens is 242 g/mol. The SMILES string of the molecule is CC(C)(C)OC(=O)N1CCC(C=O)(C2CCC2)CC1. The highest BCUT2D eigenvalue weighted by Crippen LogP contribution is 2.47. The van der Waals surface area contributed by atoms with E-state index in [2.05, 4.69) is 0 Å². The van der Waals surface area contributed by atoms with Gasteiger partial charge in [0.05, 0.1) is 0 Å². The smallest absolute Gasteiger partial charge is 0.410 e. The van der Waals surface area contributed by atoms with E-state index in [1.807, 2.05) is 20.8 Å². The Morgan fingerprint density at radius 2 is 1.84 bits per heavy atom. The predicted octanol–water partition coefficient (Wildman–Crippen LogP) is 3.00. The molecule has 1 heterocycles. The highest BCUT2D eigenvalue weighted by molar-refractivity contribution is 5.69.